The molecule has 108 valence electrons. The van der Waals surface area contributed by atoms with Crippen LogP contribution < -0.4 is 5.32 Å². The summed E-state index contributed by atoms with van der Waals surface area (Å²) in [5.41, 5.74) is 0. The van der Waals surface area contributed by atoms with Gasteiger partial charge in [0.2, 0.25) is 0 Å². The van der Waals surface area contributed by atoms with Gasteiger partial charge in [-0.2, -0.15) is 0 Å². The standard InChI is InChI=1S/C17H29NS/c1-3-11-18-13-15-8-6-5-7-14(15)12-17-10-9-16(4-2)19-17/h9-10,14-15,18H,3-8,11-13H2,1-2H3. The fourth-order valence-electron chi connectivity index (χ4n) is 3.27. The predicted octanol–water partition coefficient (Wildman–Crippen LogP) is 4.66. The lowest BCUT2D eigenvalue weighted by atomic mass is 9.77. The van der Waals surface area contributed by atoms with E-state index in [1.165, 1.54) is 58.0 Å². The summed E-state index contributed by atoms with van der Waals surface area (Å²) in [4.78, 5) is 3.16. The van der Waals surface area contributed by atoms with Gasteiger partial charge in [-0.05, 0) is 69.2 Å². The Bertz CT molecular complexity index is 358. The van der Waals surface area contributed by atoms with Gasteiger partial charge in [0, 0.05) is 9.75 Å². The van der Waals surface area contributed by atoms with Crippen molar-refractivity contribution in [1.82, 2.24) is 5.32 Å². The van der Waals surface area contributed by atoms with E-state index in [1.807, 2.05) is 11.3 Å². The first kappa shape index (κ1) is 15.1. The summed E-state index contributed by atoms with van der Waals surface area (Å²) in [6.45, 7) is 6.93. The Labute approximate surface area is 122 Å². The van der Waals surface area contributed by atoms with Crippen LogP contribution in [-0.2, 0) is 12.8 Å². The van der Waals surface area contributed by atoms with Crippen LogP contribution in [0.4, 0.5) is 0 Å². The summed E-state index contributed by atoms with van der Waals surface area (Å²) >= 11 is 2.04. The zero-order valence-corrected chi connectivity index (χ0v) is 13.4. The molecule has 0 bridgehead atoms. The Hall–Kier alpha value is -0.340. The molecular weight excluding hydrogens is 250 g/mol. The van der Waals surface area contributed by atoms with Crippen LogP contribution in [0.25, 0.3) is 0 Å². The van der Waals surface area contributed by atoms with Crippen molar-refractivity contribution in [1.29, 1.82) is 0 Å². The van der Waals surface area contributed by atoms with Crippen LogP contribution in [0.2, 0.25) is 0 Å². The van der Waals surface area contributed by atoms with Gasteiger partial charge in [0.1, 0.15) is 0 Å². The van der Waals surface area contributed by atoms with E-state index in [1.54, 1.807) is 9.75 Å². The maximum absolute atomic E-state index is 3.64. The monoisotopic (exact) mass is 279 g/mol. The van der Waals surface area contributed by atoms with Gasteiger partial charge in [-0.1, -0.05) is 26.7 Å². The van der Waals surface area contributed by atoms with Crippen LogP contribution >= 0.6 is 11.3 Å². The van der Waals surface area contributed by atoms with Crippen molar-refractivity contribution in [2.75, 3.05) is 13.1 Å². The van der Waals surface area contributed by atoms with E-state index in [9.17, 15) is 0 Å². The average Bonchev–Trinajstić information content (AvgIpc) is 2.89. The molecule has 0 amide bonds. The molecule has 19 heavy (non-hydrogen) atoms. The van der Waals surface area contributed by atoms with Gasteiger partial charge >= 0.3 is 0 Å². The third kappa shape index (κ3) is 4.61. The molecule has 2 unspecified atom stereocenters. The normalized spacial score (nSPS) is 23.7. The smallest absolute Gasteiger partial charge is 0.00510 e. The largest absolute Gasteiger partial charge is 0.316 e. The van der Waals surface area contributed by atoms with E-state index in [-0.39, 0.29) is 0 Å². The highest BCUT2D eigenvalue weighted by Gasteiger charge is 2.25. The number of rotatable bonds is 7. The van der Waals surface area contributed by atoms with Crippen molar-refractivity contribution in [2.24, 2.45) is 11.8 Å². The third-order valence-corrected chi connectivity index (χ3v) is 5.68. The quantitative estimate of drug-likeness (QED) is 0.716. The zero-order chi connectivity index (χ0) is 13.5. The molecule has 1 nitrogen and oxygen atoms in total. The number of hydrogen-bond acceptors (Lipinski definition) is 2. The maximum atomic E-state index is 3.64. The molecule has 1 aromatic rings. The Morgan fingerprint density at radius 3 is 2.53 bits per heavy atom. The van der Waals surface area contributed by atoms with Gasteiger partial charge < -0.3 is 5.32 Å². The first-order valence-electron chi connectivity index (χ1n) is 8.11. The second kappa shape index (κ2) is 8.06. The molecule has 1 heterocycles. The van der Waals surface area contributed by atoms with Crippen LogP contribution in [-0.4, -0.2) is 13.1 Å². The van der Waals surface area contributed by atoms with Crippen LogP contribution in [0.15, 0.2) is 12.1 Å². The van der Waals surface area contributed by atoms with E-state index in [0.717, 1.165) is 11.8 Å². The Morgan fingerprint density at radius 1 is 1.11 bits per heavy atom. The van der Waals surface area contributed by atoms with Gasteiger partial charge in [-0.15, -0.1) is 11.3 Å². The van der Waals surface area contributed by atoms with E-state index in [2.05, 4.69) is 31.3 Å². The second-order valence-corrected chi connectivity index (χ2v) is 7.19. The molecule has 1 saturated carbocycles. The minimum Gasteiger partial charge on any atom is -0.316 e. The highest BCUT2D eigenvalue weighted by molar-refractivity contribution is 7.11. The predicted molar refractivity (Wildman–Crippen MR) is 86.0 cm³/mol. The van der Waals surface area contributed by atoms with Crippen molar-refractivity contribution in [3.05, 3.63) is 21.9 Å². The topological polar surface area (TPSA) is 12.0 Å². The van der Waals surface area contributed by atoms with Crippen molar-refractivity contribution in [3.63, 3.8) is 0 Å². The molecule has 0 aromatic carbocycles. The van der Waals surface area contributed by atoms with Crippen molar-refractivity contribution >= 4 is 11.3 Å². The van der Waals surface area contributed by atoms with Crippen LogP contribution in [0.3, 0.4) is 0 Å². The lowest BCUT2D eigenvalue weighted by Gasteiger charge is -2.31. The minimum atomic E-state index is 0.910. The zero-order valence-electron chi connectivity index (χ0n) is 12.6. The third-order valence-electron chi connectivity index (χ3n) is 4.43. The molecule has 1 fully saturated rings. The van der Waals surface area contributed by atoms with Crippen LogP contribution in [0, 0.1) is 11.8 Å². The first-order chi connectivity index (χ1) is 9.33. The second-order valence-electron chi connectivity index (χ2n) is 5.93. The summed E-state index contributed by atoms with van der Waals surface area (Å²) < 4.78 is 0. The lowest BCUT2D eigenvalue weighted by Crippen LogP contribution is -2.32. The van der Waals surface area contributed by atoms with Crippen molar-refractivity contribution < 1.29 is 0 Å². The average molecular weight is 279 g/mol. The fraction of sp³-hybridized carbons (Fsp3) is 0.765. The molecule has 0 saturated heterocycles. The molecule has 0 aliphatic heterocycles. The summed E-state index contributed by atoms with van der Waals surface area (Å²) in [6, 6.07) is 4.70. The number of hydrogen-bond donors (Lipinski definition) is 1. The van der Waals surface area contributed by atoms with Crippen molar-refractivity contribution in [2.45, 2.75) is 58.8 Å². The molecule has 1 aliphatic rings. The van der Waals surface area contributed by atoms with Crippen LogP contribution in [0.1, 0.15) is 55.7 Å². The summed E-state index contributed by atoms with van der Waals surface area (Å²) in [7, 11) is 0. The van der Waals surface area contributed by atoms with Gasteiger partial charge in [0.25, 0.3) is 0 Å². The van der Waals surface area contributed by atoms with Gasteiger partial charge in [0.15, 0.2) is 0 Å². The maximum Gasteiger partial charge on any atom is 0.00510 e. The summed E-state index contributed by atoms with van der Waals surface area (Å²) in [5.74, 6) is 1.83. The molecule has 0 radical (unpaired) electrons. The SMILES string of the molecule is CCCNCC1CCCCC1Cc1ccc(CC)s1. The Morgan fingerprint density at radius 2 is 1.84 bits per heavy atom. The molecule has 1 aromatic heterocycles. The van der Waals surface area contributed by atoms with E-state index in [0.29, 0.717) is 0 Å². The Balaban J connectivity index is 1.87. The molecular formula is C17H29NS. The van der Waals surface area contributed by atoms with Gasteiger partial charge in [0.05, 0.1) is 0 Å². The van der Waals surface area contributed by atoms with E-state index >= 15 is 0 Å². The Kier molecular flexibility index (Phi) is 6.39. The first-order valence-corrected chi connectivity index (χ1v) is 8.93. The van der Waals surface area contributed by atoms with E-state index < -0.39 is 0 Å². The number of nitrogens with one attached hydrogen (secondary N) is 1. The fourth-order valence-corrected chi connectivity index (χ4v) is 4.32. The van der Waals surface area contributed by atoms with Gasteiger partial charge in [-0.25, -0.2) is 0 Å². The molecule has 1 N–H and O–H groups in total. The molecule has 2 atom stereocenters. The molecule has 1 aliphatic carbocycles. The highest BCUT2D eigenvalue weighted by Crippen LogP contribution is 2.33. The van der Waals surface area contributed by atoms with E-state index in [4.69, 9.17) is 0 Å². The van der Waals surface area contributed by atoms with Gasteiger partial charge in [-0.3, -0.25) is 0 Å². The minimum absolute atomic E-state index is 0.910. The molecule has 2 rings (SSSR count). The summed E-state index contributed by atoms with van der Waals surface area (Å²) in [6.07, 6.45) is 9.54. The van der Waals surface area contributed by atoms with Crippen LogP contribution in [0.5, 0.6) is 0 Å². The molecule has 2 heteroatoms. The summed E-state index contributed by atoms with van der Waals surface area (Å²) in [5, 5.41) is 3.64. The number of aryl methyl sites for hydroxylation is 1. The molecule has 0 spiro atoms. The number of thiophene rings is 1. The lowest BCUT2D eigenvalue weighted by molar-refractivity contribution is 0.230. The van der Waals surface area contributed by atoms with Crippen molar-refractivity contribution in [3.8, 4) is 0 Å². The highest BCUT2D eigenvalue weighted by atomic mass is 32.1.